The molecule has 26 heavy (non-hydrogen) atoms. The lowest BCUT2D eigenvalue weighted by Gasteiger charge is -2.25. The summed E-state index contributed by atoms with van der Waals surface area (Å²) in [5, 5.41) is 3.04. The van der Waals surface area contributed by atoms with E-state index < -0.39 is 16.1 Å². The molecular formula is C20H30N2O3S. The van der Waals surface area contributed by atoms with Gasteiger partial charge in [-0.3, -0.25) is 4.79 Å². The second kappa shape index (κ2) is 8.09. The number of carbonyl (C=O) groups excluding carboxylic acids is 1. The molecule has 2 unspecified atom stereocenters. The summed E-state index contributed by atoms with van der Waals surface area (Å²) in [6, 6.07) is 5.80. The van der Waals surface area contributed by atoms with Crippen molar-refractivity contribution in [2.24, 2.45) is 0 Å². The van der Waals surface area contributed by atoms with Gasteiger partial charge in [-0.1, -0.05) is 25.1 Å². The standard InChI is InChI=1S/C20H30N2O3S/c1-3-13-26(24,25)22-12-6-9-19(22)20(23)21-15(2)17-11-10-16-7-4-5-8-18(16)14-17/h10-11,14-15,19H,3-9,12-13H2,1-2H3,(H,21,23). The molecule has 1 aromatic rings. The second-order valence-electron chi connectivity index (χ2n) is 7.55. The van der Waals surface area contributed by atoms with E-state index in [2.05, 4.69) is 23.5 Å². The van der Waals surface area contributed by atoms with Crippen molar-refractivity contribution in [3.8, 4) is 0 Å². The van der Waals surface area contributed by atoms with E-state index in [0.29, 0.717) is 19.4 Å². The van der Waals surface area contributed by atoms with Crippen LogP contribution in [0.5, 0.6) is 0 Å². The molecule has 1 heterocycles. The lowest BCUT2D eigenvalue weighted by atomic mass is 9.89. The second-order valence-corrected chi connectivity index (χ2v) is 9.59. The van der Waals surface area contributed by atoms with Gasteiger partial charge in [-0.15, -0.1) is 0 Å². The van der Waals surface area contributed by atoms with E-state index in [1.165, 1.54) is 28.3 Å². The van der Waals surface area contributed by atoms with Gasteiger partial charge in [0.2, 0.25) is 15.9 Å². The Morgan fingerprint density at radius 1 is 1.23 bits per heavy atom. The molecule has 1 aliphatic heterocycles. The fourth-order valence-electron chi connectivity index (χ4n) is 4.13. The topological polar surface area (TPSA) is 66.5 Å². The zero-order chi connectivity index (χ0) is 18.7. The quantitative estimate of drug-likeness (QED) is 0.828. The van der Waals surface area contributed by atoms with Crippen molar-refractivity contribution in [1.29, 1.82) is 0 Å². The first-order valence-electron chi connectivity index (χ1n) is 9.84. The van der Waals surface area contributed by atoms with E-state index >= 15 is 0 Å². The molecule has 5 nitrogen and oxygen atoms in total. The molecule has 0 saturated carbocycles. The highest BCUT2D eigenvalue weighted by molar-refractivity contribution is 7.89. The Morgan fingerprint density at radius 3 is 2.69 bits per heavy atom. The van der Waals surface area contributed by atoms with Crippen LogP contribution in [-0.2, 0) is 27.7 Å². The average molecular weight is 379 g/mol. The molecule has 1 fully saturated rings. The first kappa shape index (κ1) is 19.4. The molecule has 1 aromatic carbocycles. The molecule has 0 aromatic heterocycles. The van der Waals surface area contributed by atoms with Crippen LogP contribution in [0.15, 0.2) is 18.2 Å². The van der Waals surface area contributed by atoms with Crippen molar-refractivity contribution in [2.75, 3.05) is 12.3 Å². The van der Waals surface area contributed by atoms with Crippen molar-refractivity contribution in [2.45, 2.75) is 70.9 Å². The Labute approximate surface area is 157 Å². The van der Waals surface area contributed by atoms with E-state index in [1.54, 1.807) is 0 Å². The Morgan fingerprint density at radius 2 is 1.96 bits per heavy atom. The highest BCUT2D eigenvalue weighted by Crippen LogP contribution is 2.26. The van der Waals surface area contributed by atoms with Gasteiger partial charge in [0.1, 0.15) is 6.04 Å². The summed E-state index contributed by atoms with van der Waals surface area (Å²) in [5.41, 5.74) is 3.91. The monoisotopic (exact) mass is 378 g/mol. The first-order chi connectivity index (χ1) is 12.4. The third-order valence-electron chi connectivity index (χ3n) is 5.56. The number of nitrogens with zero attached hydrogens (tertiary/aromatic N) is 1. The van der Waals surface area contributed by atoms with Gasteiger partial charge < -0.3 is 5.32 Å². The van der Waals surface area contributed by atoms with Crippen LogP contribution >= 0.6 is 0 Å². The fraction of sp³-hybridized carbons (Fsp3) is 0.650. The summed E-state index contributed by atoms with van der Waals surface area (Å²) in [6.07, 6.45) is 6.64. The van der Waals surface area contributed by atoms with Crippen molar-refractivity contribution < 1.29 is 13.2 Å². The van der Waals surface area contributed by atoms with E-state index in [-0.39, 0.29) is 17.7 Å². The van der Waals surface area contributed by atoms with Crippen LogP contribution in [0.3, 0.4) is 0 Å². The number of rotatable bonds is 6. The van der Waals surface area contributed by atoms with Crippen molar-refractivity contribution in [3.63, 3.8) is 0 Å². The Bertz CT molecular complexity index is 760. The summed E-state index contributed by atoms with van der Waals surface area (Å²) in [7, 11) is -3.34. The highest BCUT2D eigenvalue weighted by Gasteiger charge is 2.38. The van der Waals surface area contributed by atoms with Gasteiger partial charge in [0, 0.05) is 6.54 Å². The summed E-state index contributed by atoms with van der Waals surface area (Å²) >= 11 is 0. The highest BCUT2D eigenvalue weighted by atomic mass is 32.2. The summed E-state index contributed by atoms with van der Waals surface area (Å²) < 4.78 is 26.2. The fourth-order valence-corrected chi connectivity index (χ4v) is 5.87. The van der Waals surface area contributed by atoms with Crippen molar-refractivity contribution in [1.82, 2.24) is 9.62 Å². The minimum Gasteiger partial charge on any atom is -0.348 e. The van der Waals surface area contributed by atoms with E-state index in [4.69, 9.17) is 0 Å². The van der Waals surface area contributed by atoms with E-state index in [9.17, 15) is 13.2 Å². The van der Waals surface area contributed by atoms with Crippen LogP contribution in [0.2, 0.25) is 0 Å². The molecular weight excluding hydrogens is 348 g/mol. The molecule has 6 heteroatoms. The van der Waals surface area contributed by atoms with Crippen molar-refractivity contribution >= 4 is 15.9 Å². The minimum absolute atomic E-state index is 0.108. The van der Waals surface area contributed by atoms with E-state index in [1.807, 2.05) is 13.8 Å². The normalized spacial score (nSPS) is 22.0. The number of nitrogens with one attached hydrogen (secondary N) is 1. The van der Waals surface area contributed by atoms with Crippen molar-refractivity contribution in [3.05, 3.63) is 34.9 Å². The molecule has 3 rings (SSSR count). The molecule has 2 aliphatic rings. The van der Waals surface area contributed by atoms with Crippen LogP contribution in [0.1, 0.15) is 68.7 Å². The number of amides is 1. The maximum absolute atomic E-state index is 12.8. The molecule has 2 atom stereocenters. The lowest BCUT2D eigenvalue weighted by molar-refractivity contribution is -0.124. The molecule has 1 amide bonds. The smallest absolute Gasteiger partial charge is 0.238 e. The number of aryl methyl sites for hydroxylation is 2. The Hall–Kier alpha value is -1.40. The van der Waals surface area contributed by atoms with E-state index in [0.717, 1.165) is 24.8 Å². The number of fused-ring (bicyclic) bond motifs is 1. The third kappa shape index (κ3) is 4.12. The number of sulfonamides is 1. The summed E-state index contributed by atoms with van der Waals surface area (Å²) in [4.78, 5) is 12.8. The summed E-state index contributed by atoms with van der Waals surface area (Å²) in [6.45, 7) is 4.27. The first-order valence-corrected chi connectivity index (χ1v) is 11.4. The van der Waals surface area contributed by atoms with Gasteiger partial charge in [-0.2, -0.15) is 4.31 Å². The number of hydrogen-bond donors (Lipinski definition) is 1. The van der Waals surface area contributed by atoms with Gasteiger partial charge in [0.15, 0.2) is 0 Å². The molecule has 1 aliphatic carbocycles. The molecule has 144 valence electrons. The molecule has 0 radical (unpaired) electrons. The van der Waals surface area contributed by atoms with Crippen LogP contribution in [0.4, 0.5) is 0 Å². The van der Waals surface area contributed by atoms with Gasteiger partial charge >= 0.3 is 0 Å². The largest absolute Gasteiger partial charge is 0.348 e. The summed E-state index contributed by atoms with van der Waals surface area (Å²) in [5.74, 6) is -0.0654. The molecule has 1 N–H and O–H groups in total. The molecule has 0 spiro atoms. The maximum atomic E-state index is 12.8. The third-order valence-corrected chi connectivity index (χ3v) is 7.63. The maximum Gasteiger partial charge on any atom is 0.238 e. The van der Waals surface area contributed by atoms with Crippen LogP contribution in [0, 0.1) is 0 Å². The minimum atomic E-state index is -3.34. The lowest BCUT2D eigenvalue weighted by Crippen LogP contribution is -2.47. The predicted molar refractivity (Wildman–Crippen MR) is 103 cm³/mol. The van der Waals surface area contributed by atoms with Crippen LogP contribution in [0.25, 0.3) is 0 Å². The van der Waals surface area contributed by atoms with Gasteiger partial charge in [0.25, 0.3) is 0 Å². The predicted octanol–water partition coefficient (Wildman–Crippen LogP) is 2.95. The van der Waals surface area contributed by atoms with Crippen LogP contribution in [-0.4, -0.2) is 37.0 Å². The SMILES string of the molecule is CCCS(=O)(=O)N1CCCC1C(=O)NC(C)c1ccc2c(c1)CCCC2. The number of carbonyl (C=O) groups is 1. The molecule has 0 bridgehead atoms. The van der Waals surface area contributed by atoms with Gasteiger partial charge in [-0.25, -0.2) is 8.42 Å². The number of benzene rings is 1. The van der Waals surface area contributed by atoms with Crippen LogP contribution < -0.4 is 5.32 Å². The molecule has 1 saturated heterocycles. The zero-order valence-corrected chi connectivity index (χ0v) is 16.6. The average Bonchev–Trinajstić information content (AvgIpc) is 3.12. The number of hydrogen-bond acceptors (Lipinski definition) is 3. The van der Waals surface area contributed by atoms with Gasteiger partial charge in [0.05, 0.1) is 11.8 Å². The Balaban J connectivity index is 1.69. The van der Waals surface area contributed by atoms with Gasteiger partial charge in [-0.05, 0) is 68.6 Å². The zero-order valence-electron chi connectivity index (χ0n) is 15.8. The Kier molecular flexibility index (Phi) is 6.03.